The van der Waals surface area contributed by atoms with Crippen molar-refractivity contribution in [3.05, 3.63) is 48.6 Å². The summed E-state index contributed by atoms with van der Waals surface area (Å²) in [5.74, 6) is -4.41. The molecule has 0 radical (unpaired) electrons. The highest BCUT2D eigenvalue weighted by Crippen LogP contribution is 2.06. The molecule has 0 aromatic heterocycles. The van der Waals surface area contributed by atoms with E-state index < -0.39 is 41.6 Å². The minimum atomic E-state index is -0.738. The van der Waals surface area contributed by atoms with E-state index in [4.69, 9.17) is 0 Å². The van der Waals surface area contributed by atoms with Gasteiger partial charge in [0, 0.05) is 55.0 Å². The number of methoxy groups -OCH3 is 4. The summed E-state index contributed by atoms with van der Waals surface area (Å²) in [6.45, 7) is 16.3. The number of nitrogens with zero attached hydrogens (tertiary/aromatic N) is 1. The molecular weight excluding hydrogens is 608 g/mol. The third-order valence-electron chi connectivity index (χ3n) is 5.52. The quantitative estimate of drug-likeness (QED) is 0.0928. The fourth-order valence-corrected chi connectivity index (χ4v) is 3.15. The van der Waals surface area contributed by atoms with Crippen LogP contribution in [0.3, 0.4) is 0 Å². The maximum absolute atomic E-state index is 12.6. The minimum absolute atomic E-state index is 0.000509. The largest absolute Gasteiger partial charge is 0.466 e. The third kappa shape index (κ3) is 19.1. The van der Waals surface area contributed by atoms with Gasteiger partial charge in [0.1, 0.15) is 0 Å². The topological polar surface area (TPSA) is 213 Å². The Kier molecular flexibility index (Phi) is 22.4. The van der Waals surface area contributed by atoms with E-state index in [2.05, 4.69) is 61.2 Å². The lowest BCUT2D eigenvalue weighted by Gasteiger charge is -2.23. The predicted octanol–water partition coefficient (Wildman–Crippen LogP) is -0.353. The predicted molar refractivity (Wildman–Crippen MR) is 164 cm³/mol. The first-order chi connectivity index (χ1) is 21.6. The molecule has 0 aromatic rings. The fraction of sp³-hybridized carbons (Fsp3) is 0.467. The van der Waals surface area contributed by atoms with Crippen LogP contribution < -0.4 is 16.0 Å². The summed E-state index contributed by atoms with van der Waals surface area (Å²) in [5, 5.41) is 7.63. The van der Waals surface area contributed by atoms with E-state index in [0.29, 0.717) is 6.54 Å². The number of nitrogens with one attached hydrogen (secondary N) is 3. The molecule has 0 saturated carbocycles. The van der Waals surface area contributed by atoms with E-state index in [1.165, 1.54) is 26.2 Å². The zero-order valence-corrected chi connectivity index (χ0v) is 27.0. The standard InChI is InChI=1S/C22H31N3O9.C8H13NO3/c1-14(20(29)32-4)11-17(26)23-7-9-25(19(28)13-16(3)22(31)34-6)10-8-24-18(27)12-15(2)21(30)33-5;1-4-9-7(10)5-6(2)8(11)12-3/h1-3,7-13H2,4-6H3,(H,23,26)(H,24,27);2,4-5H2,1,3H3,(H,9,10). The highest BCUT2D eigenvalue weighted by atomic mass is 16.5. The molecular formula is C30H44N4O12. The Morgan fingerprint density at radius 1 is 0.500 bits per heavy atom. The lowest BCUT2D eigenvalue weighted by atomic mass is 10.2. The van der Waals surface area contributed by atoms with Gasteiger partial charge in [-0.15, -0.1) is 0 Å². The second-order valence-corrected chi connectivity index (χ2v) is 9.12. The van der Waals surface area contributed by atoms with Crippen molar-refractivity contribution in [3.63, 3.8) is 0 Å². The highest BCUT2D eigenvalue weighted by molar-refractivity contribution is 5.96. The monoisotopic (exact) mass is 652 g/mol. The van der Waals surface area contributed by atoms with Crippen LogP contribution in [0, 0.1) is 0 Å². The van der Waals surface area contributed by atoms with Gasteiger partial charge >= 0.3 is 23.9 Å². The van der Waals surface area contributed by atoms with Crippen molar-refractivity contribution in [2.24, 2.45) is 0 Å². The lowest BCUT2D eigenvalue weighted by Crippen LogP contribution is -2.43. The van der Waals surface area contributed by atoms with Crippen LogP contribution in [0.25, 0.3) is 0 Å². The molecule has 0 aliphatic rings. The SMILES string of the molecule is C=C(CC(=O)NCC)C(=O)OC.C=C(CC(=O)NCCN(CCNC(=O)CC(=C)C(=O)OC)C(=O)CC(=C)C(=O)OC)C(=O)OC. The summed E-state index contributed by atoms with van der Waals surface area (Å²) in [6.07, 6.45) is -0.882. The molecule has 3 N–H and O–H groups in total. The van der Waals surface area contributed by atoms with Crippen LogP contribution in [0.4, 0.5) is 0 Å². The number of carbonyl (C=O) groups is 8. The van der Waals surface area contributed by atoms with Gasteiger partial charge in [-0.05, 0) is 6.92 Å². The Balaban J connectivity index is 0. The first-order valence-corrected chi connectivity index (χ1v) is 13.7. The van der Waals surface area contributed by atoms with Crippen molar-refractivity contribution in [2.45, 2.75) is 32.6 Å². The molecule has 0 fully saturated rings. The van der Waals surface area contributed by atoms with Gasteiger partial charge in [0.15, 0.2) is 0 Å². The number of amides is 4. The van der Waals surface area contributed by atoms with E-state index in [1.54, 1.807) is 6.92 Å². The molecule has 0 aromatic carbocycles. The van der Waals surface area contributed by atoms with E-state index in [0.717, 1.165) is 7.11 Å². The minimum Gasteiger partial charge on any atom is -0.466 e. The second kappa shape index (κ2) is 24.1. The zero-order valence-electron chi connectivity index (χ0n) is 27.0. The molecule has 0 heterocycles. The van der Waals surface area contributed by atoms with Gasteiger partial charge in [0.2, 0.25) is 23.6 Å². The van der Waals surface area contributed by atoms with E-state index in [-0.39, 0.29) is 80.1 Å². The Labute approximate surface area is 268 Å². The second-order valence-electron chi connectivity index (χ2n) is 9.12. The molecule has 0 spiro atoms. The van der Waals surface area contributed by atoms with Gasteiger partial charge in [-0.25, -0.2) is 19.2 Å². The van der Waals surface area contributed by atoms with Crippen LogP contribution in [-0.2, 0) is 57.3 Å². The van der Waals surface area contributed by atoms with Gasteiger partial charge in [0.05, 0.1) is 54.1 Å². The average Bonchev–Trinajstić information content (AvgIpc) is 3.02. The lowest BCUT2D eigenvalue weighted by molar-refractivity contribution is -0.139. The number of carbonyl (C=O) groups excluding carboxylic acids is 8. The van der Waals surface area contributed by atoms with E-state index in [9.17, 15) is 38.4 Å². The fourth-order valence-electron chi connectivity index (χ4n) is 3.15. The molecule has 16 heteroatoms. The first-order valence-electron chi connectivity index (χ1n) is 13.7. The summed E-state index contributed by atoms with van der Waals surface area (Å²) >= 11 is 0. The molecule has 0 saturated heterocycles. The van der Waals surface area contributed by atoms with Crippen LogP contribution >= 0.6 is 0 Å². The molecule has 0 rings (SSSR count). The average molecular weight is 653 g/mol. The Bertz CT molecular complexity index is 1140. The summed E-state index contributed by atoms with van der Waals surface area (Å²) in [4.78, 5) is 93.7. The highest BCUT2D eigenvalue weighted by Gasteiger charge is 2.20. The number of ether oxygens (including phenoxy) is 4. The first kappa shape index (κ1) is 42.9. The smallest absolute Gasteiger partial charge is 0.333 e. The van der Waals surface area contributed by atoms with Gasteiger partial charge in [-0.1, -0.05) is 26.3 Å². The zero-order chi connectivity index (χ0) is 35.8. The van der Waals surface area contributed by atoms with E-state index in [1.807, 2.05) is 0 Å². The number of rotatable bonds is 19. The summed E-state index contributed by atoms with van der Waals surface area (Å²) in [6, 6.07) is 0. The van der Waals surface area contributed by atoms with Crippen LogP contribution in [0.5, 0.6) is 0 Å². The Morgan fingerprint density at radius 3 is 1.07 bits per heavy atom. The molecule has 0 atom stereocenters. The van der Waals surface area contributed by atoms with Crippen LogP contribution in [0.2, 0.25) is 0 Å². The van der Waals surface area contributed by atoms with Crippen molar-refractivity contribution >= 4 is 47.5 Å². The molecule has 256 valence electrons. The maximum atomic E-state index is 12.6. The van der Waals surface area contributed by atoms with E-state index >= 15 is 0 Å². The third-order valence-corrected chi connectivity index (χ3v) is 5.52. The summed E-state index contributed by atoms with van der Waals surface area (Å²) in [7, 11) is 4.75. The summed E-state index contributed by atoms with van der Waals surface area (Å²) in [5.41, 5.74) is 0.0508. The molecule has 0 unspecified atom stereocenters. The van der Waals surface area contributed by atoms with Crippen molar-refractivity contribution in [2.75, 3.05) is 61.2 Å². The molecule has 0 bridgehead atoms. The molecule has 16 nitrogen and oxygen atoms in total. The van der Waals surface area contributed by atoms with Gasteiger partial charge < -0.3 is 39.8 Å². The molecule has 0 aliphatic heterocycles. The maximum Gasteiger partial charge on any atom is 0.333 e. The van der Waals surface area contributed by atoms with Crippen LogP contribution in [0.15, 0.2) is 48.6 Å². The van der Waals surface area contributed by atoms with Gasteiger partial charge in [0.25, 0.3) is 0 Å². The number of hydrogen-bond donors (Lipinski definition) is 3. The number of esters is 4. The van der Waals surface area contributed by atoms with Crippen molar-refractivity contribution in [1.82, 2.24) is 20.9 Å². The van der Waals surface area contributed by atoms with Crippen molar-refractivity contribution < 1.29 is 57.3 Å². The summed E-state index contributed by atoms with van der Waals surface area (Å²) < 4.78 is 17.9. The normalized spacial score (nSPS) is 9.50. The van der Waals surface area contributed by atoms with Crippen LogP contribution in [-0.4, -0.2) is 114 Å². The van der Waals surface area contributed by atoms with Gasteiger partial charge in [-0.3, -0.25) is 19.2 Å². The van der Waals surface area contributed by atoms with Crippen molar-refractivity contribution in [3.8, 4) is 0 Å². The molecule has 0 aliphatic carbocycles. The number of hydrogen-bond acceptors (Lipinski definition) is 12. The Morgan fingerprint density at radius 2 is 0.783 bits per heavy atom. The molecule has 4 amide bonds. The van der Waals surface area contributed by atoms with Gasteiger partial charge in [-0.2, -0.15) is 0 Å². The Hall–Kier alpha value is -5.28. The van der Waals surface area contributed by atoms with Crippen molar-refractivity contribution in [1.29, 1.82) is 0 Å². The van der Waals surface area contributed by atoms with Crippen LogP contribution in [0.1, 0.15) is 32.6 Å². The molecule has 46 heavy (non-hydrogen) atoms.